The molecule has 0 spiro atoms. The first-order chi connectivity index (χ1) is 13.8. The molecule has 29 heavy (non-hydrogen) atoms. The molecule has 2 aliphatic rings. The summed E-state index contributed by atoms with van der Waals surface area (Å²) in [5, 5.41) is 28.1. The molecule has 2 heterocycles. The van der Waals surface area contributed by atoms with Gasteiger partial charge in [-0.05, 0) is 63.6 Å². The molecule has 0 N–H and O–H groups in total. The minimum Gasteiger partial charge on any atom is -0.480 e. The van der Waals surface area contributed by atoms with Crippen molar-refractivity contribution >= 4 is 5.69 Å². The van der Waals surface area contributed by atoms with E-state index in [-0.39, 0.29) is 16.9 Å². The molecule has 3 rings (SSSR count). The van der Waals surface area contributed by atoms with Gasteiger partial charge < -0.3 is 9.64 Å². The summed E-state index contributed by atoms with van der Waals surface area (Å²) in [7, 11) is 0. The van der Waals surface area contributed by atoms with Crippen LogP contribution in [0.2, 0.25) is 0 Å². The van der Waals surface area contributed by atoms with Gasteiger partial charge in [0.05, 0.1) is 0 Å². The molecule has 0 bridgehead atoms. The van der Waals surface area contributed by atoms with E-state index in [1.807, 2.05) is 76.3 Å². The fourth-order valence-electron chi connectivity index (χ4n) is 3.61. The molecule has 1 aromatic carbocycles. The molecule has 0 atom stereocenters. The smallest absolute Gasteiger partial charge is 0.172 e. The van der Waals surface area contributed by atoms with Gasteiger partial charge in [-0.1, -0.05) is 18.2 Å². The Balaban J connectivity index is 2.11. The number of anilines is 1. The van der Waals surface area contributed by atoms with E-state index in [0.29, 0.717) is 5.57 Å². The maximum Gasteiger partial charge on any atom is 0.172 e. The van der Waals surface area contributed by atoms with Crippen molar-refractivity contribution in [3.05, 3.63) is 88.0 Å². The second kappa shape index (κ2) is 7.55. The lowest BCUT2D eigenvalue weighted by Crippen LogP contribution is -2.23. The normalized spacial score (nSPS) is 17.5. The minimum absolute atomic E-state index is 0.0532. The molecule has 0 saturated heterocycles. The fourth-order valence-corrected chi connectivity index (χ4v) is 3.61. The van der Waals surface area contributed by atoms with Gasteiger partial charge in [-0.3, -0.25) is 0 Å². The molecule has 0 aliphatic carbocycles. The summed E-state index contributed by atoms with van der Waals surface area (Å²) in [6.07, 6.45) is 5.97. The molecule has 0 radical (unpaired) electrons. The van der Waals surface area contributed by atoms with Gasteiger partial charge in [0.25, 0.3) is 0 Å². The zero-order valence-electron chi connectivity index (χ0n) is 16.8. The van der Waals surface area contributed by atoms with Crippen LogP contribution in [0.5, 0.6) is 0 Å². The molecule has 0 fully saturated rings. The number of nitrogens with zero attached hydrogens (tertiary/aromatic N) is 4. The zero-order valence-corrected chi connectivity index (χ0v) is 16.8. The van der Waals surface area contributed by atoms with Crippen molar-refractivity contribution in [2.75, 3.05) is 4.90 Å². The molecule has 142 valence electrons. The topological polar surface area (TPSA) is 83.8 Å². The molecule has 0 unspecified atom stereocenters. The van der Waals surface area contributed by atoms with Crippen LogP contribution >= 0.6 is 0 Å². The summed E-state index contributed by atoms with van der Waals surface area (Å²) in [6, 6.07) is 15.8. The van der Waals surface area contributed by atoms with E-state index in [1.54, 1.807) is 0 Å². The zero-order chi connectivity index (χ0) is 21.2. The van der Waals surface area contributed by atoms with Gasteiger partial charge in [0.2, 0.25) is 0 Å². The Labute approximate surface area is 171 Å². The summed E-state index contributed by atoms with van der Waals surface area (Å²) in [5.41, 5.74) is 3.94. The van der Waals surface area contributed by atoms with Crippen LogP contribution in [0.25, 0.3) is 0 Å². The number of allylic oxidation sites excluding steroid dienone is 7. The van der Waals surface area contributed by atoms with Crippen LogP contribution < -0.4 is 4.90 Å². The van der Waals surface area contributed by atoms with E-state index >= 15 is 0 Å². The first kappa shape index (κ1) is 19.7. The van der Waals surface area contributed by atoms with Gasteiger partial charge in [-0.2, -0.15) is 15.8 Å². The first-order valence-electron chi connectivity index (χ1n) is 9.14. The molecular weight excluding hydrogens is 360 g/mol. The molecule has 2 aliphatic heterocycles. The number of ether oxygens (including phenoxy) is 1. The van der Waals surface area contributed by atoms with Gasteiger partial charge in [-0.15, -0.1) is 0 Å². The van der Waals surface area contributed by atoms with Crippen molar-refractivity contribution in [3.63, 3.8) is 0 Å². The third-order valence-corrected chi connectivity index (χ3v) is 4.85. The lowest BCUT2D eigenvalue weighted by Gasteiger charge is -2.30. The van der Waals surface area contributed by atoms with E-state index in [2.05, 4.69) is 23.1 Å². The lowest BCUT2D eigenvalue weighted by atomic mass is 9.92. The van der Waals surface area contributed by atoms with Crippen LogP contribution in [0.15, 0.2) is 88.0 Å². The van der Waals surface area contributed by atoms with Crippen LogP contribution in [-0.4, -0.2) is 5.60 Å². The highest BCUT2D eigenvalue weighted by atomic mass is 16.5. The standard InChI is InChI=1S/C24H20N4O/c1-16-10-18(11-17(2)28(16)20-8-6-5-7-9-20)12-22-21(15-27)23(19(13-25)14-26)29-24(22,3)4/h5-12H,1-4H3. The van der Waals surface area contributed by atoms with E-state index in [0.717, 1.165) is 22.7 Å². The number of nitriles is 3. The third-order valence-electron chi connectivity index (χ3n) is 4.85. The highest BCUT2D eigenvalue weighted by Crippen LogP contribution is 2.41. The second-order valence-corrected chi connectivity index (χ2v) is 7.33. The van der Waals surface area contributed by atoms with Crippen molar-refractivity contribution in [3.8, 4) is 18.2 Å². The molecular formula is C24H20N4O. The Hall–Kier alpha value is -4.01. The highest BCUT2D eigenvalue weighted by molar-refractivity contribution is 5.65. The molecule has 1 aromatic rings. The van der Waals surface area contributed by atoms with E-state index in [4.69, 9.17) is 4.74 Å². The van der Waals surface area contributed by atoms with Crippen LogP contribution in [0.3, 0.4) is 0 Å². The molecule has 0 aromatic heterocycles. The van der Waals surface area contributed by atoms with E-state index in [1.165, 1.54) is 0 Å². The minimum atomic E-state index is -0.827. The van der Waals surface area contributed by atoms with Crippen LogP contribution in [0, 0.1) is 34.0 Å². The molecule has 5 heteroatoms. The van der Waals surface area contributed by atoms with Gasteiger partial charge in [-0.25, -0.2) is 0 Å². The maximum absolute atomic E-state index is 9.69. The molecule has 5 nitrogen and oxygen atoms in total. The van der Waals surface area contributed by atoms with Crippen LogP contribution in [0.4, 0.5) is 5.69 Å². The predicted molar refractivity (Wildman–Crippen MR) is 111 cm³/mol. The van der Waals surface area contributed by atoms with Gasteiger partial charge in [0.1, 0.15) is 29.4 Å². The van der Waals surface area contributed by atoms with Crippen molar-refractivity contribution in [2.45, 2.75) is 33.3 Å². The summed E-state index contributed by atoms with van der Waals surface area (Å²) in [4.78, 5) is 2.15. The molecule has 0 saturated carbocycles. The average Bonchev–Trinajstić information content (AvgIpc) is 2.93. The lowest BCUT2D eigenvalue weighted by molar-refractivity contribution is 0.0953. The van der Waals surface area contributed by atoms with Crippen molar-refractivity contribution in [2.24, 2.45) is 0 Å². The van der Waals surface area contributed by atoms with Gasteiger partial charge >= 0.3 is 0 Å². The Kier molecular flexibility index (Phi) is 5.14. The Morgan fingerprint density at radius 1 is 1.00 bits per heavy atom. The van der Waals surface area contributed by atoms with Crippen LogP contribution in [-0.2, 0) is 4.74 Å². The maximum atomic E-state index is 9.69. The quantitative estimate of drug-likeness (QED) is 0.661. The predicted octanol–water partition coefficient (Wildman–Crippen LogP) is 5.17. The van der Waals surface area contributed by atoms with Crippen molar-refractivity contribution < 1.29 is 4.74 Å². The number of para-hydroxylation sites is 1. The van der Waals surface area contributed by atoms with E-state index in [9.17, 15) is 15.8 Å². The first-order valence-corrected chi connectivity index (χ1v) is 9.14. The average molecular weight is 380 g/mol. The largest absolute Gasteiger partial charge is 0.480 e. The monoisotopic (exact) mass is 380 g/mol. The van der Waals surface area contributed by atoms with Gasteiger partial charge in [0, 0.05) is 22.7 Å². The van der Waals surface area contributed by atoms with Crippen molar-refractivity contribution in [1.82, 2.24) is 0 Å². The van der Waals surface area contributed by atoms with E-state index < -0.39 is 5.60 Å². The van der Waals surface area contributed by atoms with Gasteiger partial charge in [0.15, 0.2) is 11.3 Å². The van der Waals surface area contributed by atoms with Crippen LogP contribution in [0.1, 0.15) is 27.7 Å². The summed E-state index contributed by atoms with van der Waals surface area (Å²) in [5.74, 6) is 0.0532. The molecule has 0 amide bonds. The number of hydrogen-bond donors (Lipinski definition) is 0. The number of rotatable bonds is 2. The summed E-state index contributed by atoms with van der Waals surface area (Å²) >= 11 is 0. The Morgan fingerprint density at radius 2 is 1.59 bits per heavy atom. The van der Waals surface area contributed by atoms with Crippen molar-refractivity contribution in [1.29, 1.82) is 15.8 Å². The highest BCUT2D eigenvalue weighted by Gasteiger charge is 2.39. The third kappa shape index (κ3) is 3.57. The second-order valence-electron chi connectivity index (χ2n) is 7.33. The summed E-state index contributed by atoms with van der Waals surface area (Å²) in [6.45, 7) is 7.70. The Bertz CT molecular complexity index is 1100. The Morgan fingerprint density at radius 3 is 2.10 bits per heavy atom. The number of benzene rings is 1. The number of hydrogen-bond acceptors (Lipinski definition) is 5. The fraction of sp³-hybridized carbons (Fsp3) is 0.208. The SMILES string of the molecule is CC1=CC(=CC2=C(C#N)C(=C(C#N)C#N)OC2(C)C)C=C(C)N1c1ccccc1. The summed E-state index contributed by atoms with van der Waals surface area (Å²) < 4.78 is 5.84.